The average molecular weight is 270 g/mol. The summed E-state index contributed by atoms with van der Waals surface area (Å²) >= 11 is 0. The lowest BCUT2D eigenvalue weighted by Gasteiger charge is -2.23. The minimum absolute atomic E-state index is 0.0860. The van der Waals surface area contributed by atoms with Crippen LogP contribution in [0.3, 0.4) is 0 Å². The smallest absolute Gasteiger partial charge is 0.258 e. The van der Waals surface area contributed by atoms with Crippen molar-refractivity contribution in [1.82, 2.24) is 10.6 Å². The molecule has 4 nitrogen and oxygen atoms in total. The lowest BCUT2D eigenvalue weighted by Crippen LogP contribution is -2.47. The van der Waals surface area contributed by atoms with E-state index in [1.165, 1.54) is 6.07 Å². The van der Waals surface area contributed by atoms with E-state index in [-0.39, 0.29) is 24.3 Å². The Morgan fingerprint density at radius 2 is 2.32 bits per heavy atom. The highest BCUT2D eigenvalue weighted by atomic mass is 19.1. The van der Waals surface area contributed by atoms with E-state index in [2.05, 4.69) is 10.6 Å². The minimum atomic E-state index is -0.813. The minimum Gasteiger partial charge on any atom is -0.481 e. The van der Waals surface area contributed by atoms with E-state index in [4.69, 9.17) is 4.74 Å². The summed E-state index contributed by atoms with van der Waals surface area (Å²) in [6, 6.07) is 3.06. The Bertz CT molecular complexity index is 448. The van der Waals surface area contributed by atoms with E-state index in [1.807, 2.05) is 0 Å². The van der Waals surface area contributed by atoms with Crippen LogP contribution in [0.15, 0.2) is 18.2 Å². The molecule has 0 bridgehead atoms. The van der Waals surface area contributed by atoms with Gasteiger partial charge in [0.15, 0.2) is 18.2 Å². The zero-order chi connectivity index (χ0) is 13.7. The van der Waals surface area contributed by atoms with Crippen LogP contribution in [0, 0.1) is 11.6 Å². The van der Waals surface area contributed by atoms with Crippen LogP contribution in [0.5, 0.6) is 5.75 Å². The van der Waals surface area contributed by atoms with Crippen molar-refractivity contribution in [2.24, 2.45) is 0 Å². The monoisotopic (exact) mass is 270 g/mol. The Labute approximate surface area is 110 Å². The summed E-state index contributed by atoms with van der Waals surface area (Å²) in [6.45, 7) is 1.42. The van der Waals surface area contributed by atoms with Crippen LogP contribution in [0.1, 0.15) is 12.8 Å². The number of carbonyl (C=O) groups is 1. The van der Waals surface area contributed by atoms with Gasteiger partial charge in [-0.15, -0.1) is 0 Å². The molecular formula is C13H16F2N2O2. The molecule has 1 fully saturated rings. The van der Waals surface area contributed by atoms with Crippen molar-refractivity contribution >= 4 is 5.91 Å². The van der Waals surface area contributed by atoms with Gasteiger partial charge in [0.05, 0.1) is 0 Å². The molecule has 1 aliphatic heterocycles. The van der Waals surface area contributed by atoms with Gasteiger partial charge in [0.1, 0.15) is 5.82 Å². The quantitative estimate of drug-likeness (QED) is 0.864. The third kappa shape index (κ3) is 4.17. The summed E-state index contributed by atoms with van der Waals surface area (Å²) in [5.41, 5.74) is 0. The number of nitrogens with one attached hydrogen (secondary N) is 2. The number of piperidine rings is 1. The second kappa shape index (κ2) is 6.47. The number of benzene rings is 1. The first-order valence-corrected chi connectivity index (χ1v) is 6.23. The second-order valence-corrected chi connectivity index (χ2v) is 4.47. The molecule has 2 N–H and O–H groups in total. The average Bonchev–Trinajstić information content (AvgIpc) is 2.39. The number of ether oxygens (including phenoxy) is 1. The predicted molar refractivity (Wildman–Crippen MR) is 65.9 cm³/mol. The second-order valence-electron chi connectivity index (χ2n) is 4.47. The van der Waals surface area contributed by atoms with E-state index in [1.54, 1.807) is 0 Å². The molecule has 2 rings (SSSR count). The summed E-state index contributed by atoms with van der Waals surface area (Å²) in [7, 11) is 0. The predicted octanol–water partition coefficient (Wildman–Crippen LogP) is 1.21. The fourth-order valence-corrected chi connectivity index (χ4v) is 1.98. The lowest BCUT2D eigenvalue weighted by atomic mass is 10.1. The summed E-state index contributed by atoms with van der Waals surface area (Å²) in [5, 5.41) is 5.97. The van der Waals surface area contributed by atoms with Crippen molar-refractivity contribution in [3.63, 3.8) is 0 Å². The number of carbonyl (C=O) groups excluding carboxylic acids is 1. The Kier molecular flexibility index (Phi) is 4.68. The molecule has 0 aliphatic carbocycles. The van der Waals surface area contributed by atoms with Crippen molar-refractivity contribution in [2.45, 2.75) is 18.9 Å². The highest BCUT2D eigenvalue weighted by Crippen LogP contribution is 2.17. The van der Waals surface area contributed by atoms with Crippen LogP contribution in [0.4, 0.5) is 8.78 Å². The standard InChI is InChI=1S/C13H16F2N2O2/c14-9-3-4-12(11(15)6-9)19-8-13(18)17-10-2-1-5-16-7-10/h3-4,6,10,16H,1-2,5,7-8H2,(H,17,18)/t10-/m0/s1. The van der Waals surface area contributed by atoms with Gasteiger partial charge < -0.3 is 15.4 Å². The molecule has 1 aliphatic rings. The SMILES string of the molecule is O=C(COc1ccc(F)cc1F)N[C@H]1CCCNC1. The van der Waals surface area contributed by atoms with Gasteiger partial charge in [0.25, 0.3) is 5.91 Å². The van der Waals surface area contributed by atoms with Gasteiger partial charge in [-0.2, -0.15) is 0 Å². The van der Waals surface area contributed by atoms with Crippen LogP contribution in [0.2, 0.25) is 0 Å². The van der Waals surface area contributed by atoms with Gasteiger partial charge in [0, 0.05) is 18.7 Å². The topological polar surface area (TPSA) is 50.4 Å². The summed E-state index contributed by atoms with van der Waals surface area (Å²) < 4.78 is 30.9. The first kappa shape index (κ1) is 13.7. The fraction of sp³-hybridized carbons (Fsp3) is 0.462. The fourth-order valence-electron chi connectivity index (χ4n) is 1.98. The molecule has 0 saturated carbocycles. The molecule has 1 aromatic carbocycles. The van der Waals surface area contributed by atoms with E-state index in [0.29, 0.717) is 0 Å². The van der Waals surface area contributed by atoms with Crippen LogP contribution in [-0.4, -0.2) is 31.6 Å². The molecule has 0 aromatic heterocycles. The molecule has 1 atom stereocenters. The number of rotatable bonds is 4. The maximum Gasteiger partial charge on any atom is 0.258 e. The van der Waals surface area contributed by atoms with Crippen LogP contribution >= 0.6 is 0 Å². The number of hydrogen-bond acceptors (Lipinski definition) is 3. The summed E-state index contributed by atoms with van der Waals surface area (Å²) in [5.74, 6) is -1.93. The van der Waals surface area contributed by atoms with Gasteiger partial charge in [-0.25, -0.2) is 8.78 Å². The Balaban J connectivity index is 1.79. The number of amides is 1. The zero-order valence-corrected chi connectivity index (χ0v) is 10.4. The Hall–Kier alpha value is -1.69. The molecule has 19 heavy (non-hydrogen) atoms. The van der Waals surface area contributed by atoms with Crippen molar-refractivity contribution in [3.05, 3.63) is 29.8 Å². The third-order valence-corrected chi connectivity index (χ3v) is 2.91. The molecule has 1 amide bonds. The molecule has 1 saturated heterocycles. The maximum absolute atomic E-state index is 13.3. The first-order chi connectivity index (χ1) is 9.15. The normalized spacial score (nSPS) is 18.9. The maximum atomic E-state index is 13.3. The first-order valence-electron chi connectivity index (χ1n) is 6.23. The number of hydrogen-bond donors (Lipinski definition) is 2. The van der Waals surface area contributed by atoms with E-state index in [0.717, 1.165) is 38.1 Å². The zero-order valence-electron chi connectivity index (χ0n) is 10.4. The molecule has 1 heterocycles. The van der Waals surface area contributed by atoms with Gasteiger partial charge >= 0.3 is 0 Å². The van der Waals surface area contributed by atoms with Gasteiger partial charge in [0.2, 0.25) is 0 Å². The molecule has 0 spiro atoms. The van der Waals surface area contributed by atoms with E-state index >= 15 is 0 Å². The molecule has 104 valence electrons. The lowest BCUT2D eigenvalue weighted by molar-refractivity contribution is -0.123. The van der Waals surface area contributed by atoms with Crippen molar-refractivity contribution in [3.8, 4) is 5.75 Å². The molecule has 0 unspecified atom stereocenters. The molecular weight excluding hydrogens is 254 g/mol. The van der Waals surface area contributed by atoms with Gasteiger partial charge in [-0.3, -0.25) is 4.79 Å². The molecule has 0 radical (unpaired) electrons. The Morgan fingerprint density at radius 1 is 1.47 bits per heavy atom. The van der Waals surface area contributed by atoms with Gasteiger partial charge in [-0.1, -0.05) is 0 Å². The van der Waals surface area contributed by atoms with Crippen LogP contribution < -0.4 is 15.4 Å². The molecule has 1 aromatic rings. The Morgan fingerprint density at radius 3 is 3.00 bits per heavy atom. The van der Waals surface area contributed by atoms with Crippen LogP contribution in [-0.2, 0) is 4.79 Å². The molecule has 6 heteroatoms. The van der Waals surface area contributed by atoms with E-state index in [9.17, 15) is 13.6 Å². The summed E-state index contributed by atoms with van der Waals surface area (Å²) in [4.78, 5) is 11.6. The number of halogens is 2. The van der Waals surface area contributed by atoms with Gasteiger partial charge in [-0.05, 0) is 31.5 Å². The summed E-state index contributed by atoms with van der Waals surface area (Å²) in [6.07, 6.45) is 1.93. The van der Waals surface area contributed by atoms with Crippen LogP contribution in [0.25, 0.3) is 0 Å². The van der Waals surface area contributed by atoms with Crippen molar-refractivity contribution in [2.75, 3.05) is 19.7 Å². The highest BCUT2D eigenvalue weighted by Gasteiger charge is 2.16. The van der Waals surface area contributed by atoms with Crippen molar-refractivity contribution in [1.29, 1.82) is 0 Å². The largest absolute Gasteiger partial charge is 0.481 e. The highest BCUT2D eigenvalue weighted by molar-refractivity contribution is 5.77. The van der Waals surface area contributed by atoms with E-state index < -0.39 is 11.6 Å². The third-order valence-electron chi connectivity index (χ3n) is 2.91. The van der Waals surface area contributed by atoms with Crippen molar-refractivity contribution < 1.29 is 18.3 Å².